The molecule has 0 radical (unpaired) electrons. The second-order valence-corrected chi connectivity index (χ2v) is 12.8. The number of carbonyl (C=O) groups excluding carboxylic acids is 2. The van der Waals surface area contributed by atoms with Crippen molar-refractivity contribution in [3.05, 3.63) is 23.5 Å². The predicted molar refractivity (Wildman–Crippen MR) is 145 cm³/mol. The molecule has 1 saturated heterocycles. The van der Waals surface area contributed by atoms with E-state index in [2.05, 4.69) is 16.4 Å². The Morgan fingerprint density at radius 3 is 2.44 bits per heavy atom. The number of ether oxygens (including phenoxy) is 2. The molecule has 10 nitrogen and oxygen atoms in total. The summed E-state index contributed by atoms with van der Waals surface area (Å²) in [6, 6.07) is 1.84. The second-order valence-electron chi connectivity index (χ2n) is 12.8. The van der Waals surface area contributed by atoms with Crippen LogP contribution in [0.2, 0.25) is 0 Å². The molecule has 214 valence electrons. The summed E-state index contributed by atoms with van der Waals surface area (Å²) in [7, 11) is 1.72. The summed E-state index contributed by atoms with van der Waals surface area (Å²) < 4.78 is 11.0. The van der Waals surface area contributed by atoms with Crippen molar-refractivity contribution < 1.29 is 29.0 Å². The summed E-state index contributed by atoms with van der Waals surface area (Å²) in [5.74, 6) is -1.09. The minimum Gasteiger partial charge on any atom is -0.481 e. The van der Waals surface area contributed by atoms with Gasteiger partial charge in [-0.3, -0.25) is 9.59 Å². The zero-order chi connectivity index (χ0) is 27.9. The van der Waals surface area contributed by atoms with Gasteiger partial charge in [-0.25, -0.2) is 9.78 Å². The van der Waals surface area contributed by atoms with Gasteiger partial charge in [0.05, 0.1) is 23.8 Å². The van der Waals surface area contributed by atoms with Crippen molar-refractivity contribution in [1.29, 1.82) is 0 Å². The topological polar surface area (TPSA) is 121 Å². The van der Waals surface area contributed by atoms with Crippen LogP contribution in [0.4, 0.5) is 10.5 Å². The Morgan fingerprint density at radius 1 is 1.13 bits per heavy atom. The summed E-state index contributed by atoms with van der Waals surface area (Å²) >= 11 is 0. The Hall–Kier alpha value is -2.88. The number of piperidine rings is 1. The van der Waals surface area contributed by atoms with E-state index in [9.17, 15) is 19.5 Å². The smallest absolute Gasteiger partial charge is 0.410 e. The average molecular weight is 543 g/mol. The second kappa shape index (κ2) is 10.9. The van der Waals surface area contributed by atoms with Gasteiger partial charge in [0.25, 0.3) is 5.91 Å². The first kappa shape index (κ1) is 27.7. The molecule has 1 aliphatic heterocycles. The molecule has 2 atom stereocenters. The lowest BCUT2D eigenvalue weighted by molar-refractivity contribution is -0.144. The molecule has 1 aromatic rings. The first-order valence-electron chi connectivity index (χ1n) is 14.3. The molecular weight excluding hydrogens is 500 g/mol. The van der Waals surface area contributed by atoms with Gasteiger partial charge in [-0.2, -0.15) is 0 Å². The number of carboxylic acids is 1. The van der Waals surface area contributed by atoms with Crippen molar-refractivity contribution in [3.8, 4) is 0 Å². The van der Waals surface area contributed by atoms with Crippen LogP contribution in [-0.2, 0) is 14.3 Å². The zero-order valence-electron chi connectivity index (χ0n) is 23.5. The summed E-state index contributed by atoms with van der Waals surface area (Å²) in [5, 5.41) is 13.5. The van der Waals surface area contributed by atoms with Crippen LogP contribution >= 0.6 is 0 Å². The van der Waals surface area contributed by atoms with Gasteiger partial charge in [0, 0.05) is 39.0 Å². The summed E-state index contributed by atoms with van der Waals surface area (Å²) in [5.41, 5.74) is 1.54. The number of hydrogen-bond acceptors (Lipinski definition) is 7. The number of anilines is 1. The minimum atomic E-state index is -0.973. The first-order chi connectivity index (χ1) is 18.5. The van der Waals surface area contributed by atoms with Gasteiger partial charge in [-0.15, -0.1) is 0 Å². The van der Waals surface area contributed by atoms with Crippen LogP contribution in [0.3, 0.4) is 0 Å². The number of aliphatic carboxylic acids is 1. The lowest BCUT2D eigenvalue weighted by Gasteiger charge is -2.42. The van der Waals surface area contributed by atoms with E-state index in [1.54, 1.807) is 32.8 Å². The fraction of sp³-hybridized carbons (Fsp3) is 0.724. The Bertz CT molecular complexity index is 1090. The van der Waals surface area contributed by atoms with E-state index in [-0.39, 0.29) is 37.6 Å². The van der Waals surface area contributed by atoms with Gasteiger partial charge in [0.1, 0.15) is 5.60 Å². The van der Waals surface area contributed by atoms with Crippen molar-refractivity contribution in [2.45, 2.75) is 95.4 Å². The number of hydrogen-bond donors (Lipinski definition) is 2. The van der Waals surface area contributed by atoms with E-state index in [1.165, 1.54) is 4.90 Å². The SMILES string of the molecule is COC1CC(Nc2cc(C3CC3)cnc2C(=O)N(CC2CC2)[C@H]2C[C@@H](C(=O)O)CN(C(=O)OC(C)(C)C)C2)C1. The molecule has 5 rings (SSSR count). The highest BCUT2D eigenvalue weighted by Crippen LogP contribution is 2.42. The average Bonchev–Trinajstić information content (AvgIpc) is 3.77. The highest BCUT2D eigenvalue weighted by Gasteiger charge is 2.42. The van der Waals surface area contributed by atoms with E-state index in [1.807, 2.05) is 6.20 Å². The molecule has 0 spiro atoms. The molecule has 10 heteroatoms. The number of carboxylic acid groups (broad SMARTS) is 1. The molecule has 4 fully saturated rings. The minimum absolute atomic E-state index is 0.0652. The Balaban J connectivity index is 1.41. The normalized spacial score (nSPS) is 26.9. The van der Waals surface area contributed by atoms with Gasteiger partial charge in [0.15, 0.2) is 5.69 Å². The maximum atomic E-state index is 14.2. The van der Waals surface area contributed by atoms with E-state index >= 15 is 0 Å². The van der Waals surface area contributed by atoms with Crippen molar-refractivity contribution >= 4 is 23.7 Å². The molecule has 0 bridgehead atoms. The fourth-order valence-corrected chi connectivity index (χ4v) is 5.56. The van der Waals surface area contributed by atoms with Crippen molar-refractivity contribution in [3.63, 3.8) is 0 Å². The quantitative estimate of drug-likeness (QED) is 0.478. The van der Waals surface area contributed by atoms with Crippen molar-refractivity contribution in [1.82, 2.24) is 14.8 Å². The maximum Gasteiger partial charge on any atom is 0.410 e. The Kier molecular flexibility index (Phi) is 7.77. The molecule has 39 heavy (non-hydrogen) atoms. The van der Waals surface area contributed by atoms with Crippen LogP contribution in [0, 0.1) is 11.8 Å². The molecule has 0 unspecified atom stereocenters. The highest BCUT2D eigenvalue weighted by atomic mass is 16.6. The summed E-state index contributed by atoms with van der Waals surface area (Å²) in [4.78, 5) is 47.2. The molecule has 1 aromatic heterocycles. The largest absolute Gasteiger partial charge is 0.481 e. The van der Waals surface area contributed by atoms with E-state index in [4.69, 9.17) is 9.47 Å². The third-order valence-corrected chi connectivity index (χ3v) is 8.23. The lowest BCUT2D eigenvalue weighted by Crippen LogP contribution is -2.56. The Labute approximate surface area is 230 Å². The molecule has 4 aliphatic rings. The third kappa shape index (κ3) is 6.83. The van der Waals surface area contributed by atoms with Gasteiger partial charge >= 0.3 is 12.1 Å². The van der Waals surface area contributed by atoms with Crippen LogP contribution in [0.5, 0.6) is 0 Å². The molecule has 0 aromatic carbocycles. The van der Waals surface area contributed by atoms with Crippen molar-refractivity contribution in [2.24, 2.45) is 11.8 Å². The Morgan fingerprint density at radius 2 is 1.85 bits per heavy atom. The molecule has 2 N–H and O–H groups in total. The number of likely N-dealkylation sites (tertiary alicyclic amines) is 1. The van der Waals surface area contributed by atoms with Crippen molar-refractivity contribution in [2.75, 3.05) is 32.1 Å². The standard InChI is InChI=1S/C29H42N4O6/c1-29(2,3)39-28(37)32-15-20(27(35)36)9-22(16-32)33(14-17-5-6-17)26(34)25-24(31-21-11-23(12-21)38-4)10-19(13-30-25)18-7-8-18/h10,13,17-18,20-23,31H,5-9,11-12,14-16H2,1-4H3,(H,35,36)/t20-,21?,22+,23?/m1/s1. The lowest BCUT2D eigenvalue weighted by atomic mass is 9.89. The van der Waals surface area contributed by atoms with Gasteiger partial charge in [-0.1, -0.05) is 0 Å². The molecular formula is C29H42N4O6. The molecule has 3 aliphatic carbocycles. The van der Waals surface area contributed by atoms with Gasteiger partial charge in [-0.05, 0) is 89.2 Å². The first-order valence-corrected chi connectivity index (χ1v) is 14.3. The van der Waals surface area contributed by atoms with Crippen LogP contribution in [0.1, 0.15) is 87.7 Å². The number of nitrogens with one attached hydrogen (secondary N) is 1. The van der Waals surface area contributed by atoms with Crippen LogP contribution < -0.4 is 5.32 Å². The molecule has 2 amide bonds. The summed E-state index contributed by atoms with van der Waals surface area (Å²) in [6.07, 6.45) is 7.86. The number of aromatic nitrogens is 1. The fourth-order valence-electron chi connectivity index (χ4n) is 5.56. The molecule has 2 heterocycles. The van der Waals surface area contributed by atoms with Gasteiger partial charge in [0.2, 0.25) is 0 Å². The van der Waals surface area contributed by atoms with Crippen LogP contribution in [-0.4, -0.2) is 88.4 Å². The number of carbonyl (C=O) groups is 3. The van der Waals surface area contributed by atoms with E-state index in [0.717, 1.165) is 49.8 Å². The maximum absolute atomic E-state index is 14.2. The van der Waals surface area contributed by atoms with E-state index in [0.29, 0.717) is 24.1 Å². The van der Waals surface area contributed by atoms with Gasteiger partial charge < -0.3 is 29.7 Å². The monoisotopic (exact) mass is 542 g/mol. The zero-order valence-corrected chi connectivity index (χ0v) is 23.5. The number of nitrogens with zero attached hydrogens (tertiary/aromatic N) is 3. The van der Waals surface area contributed by atoms with Crippen LogP contribution in [0.15, 0.2) is 12.3 Å². The number of amides is 2. The predicted octanol–water partition coefficient (Wildman–Crippen LogP) is 4.11. The van der Waals surface area contributed by atoms with E-state index < -0.39 is 29.6 Å². The number of pyridine rings is 1. The number of methoxy groups -OCH3 is 1. The number of rotatable bonds is 9. The molecule has 3 saturated carbocycles. The highest BCUT2D eigenvalue weighted by molar-refractivity contribution is 5.98. The van der Waals surface area contributed by atoms with Crippen LogP contribution in [0.25, 0.3) is 0 Å². The third-order valence-electron chi connectivity index (χ3n) is 8.23. The summed E-state index contributed by atoms with van der Waals surface area (Å²) in [6.45, 7) is 6.18.